The summed E-state index contributed by atoms with van der Waals surface area (Å²) in [5.74, 6) is 0.338. The number of urea groups is 1. The molecule has 4 amide bonds. The van der Waals surface area contributed by atoms with Gasteiger partial charge in [-0.3, -0.25) is 19.7 Å². The fraction of sp³-hybridized carbons (Fsp3) is 0.394. The lowest BCUT2D eigenvalue weighted by Crippen LogP contribution is -2.68. The number of likely N-dealkylation sites (tertiary alicyclic amines) is 1. The Morgan fingerprint density at radius 1 is 0.909 bits per heavy atom. The second-order valence-corrected chi connectivity index (χ2v) is 11.6. The number of pyridine rings is 1. The molecule has 3 aliphatic rings. The molecule has 2 fully saturated rings. The summed E-state index contributed by atoms with van der Waals surface area (Å²) in [5.41, 5.74) is 0.151. The number of ether oxygens (including phenoxy) is 3. The Hall–Kier alpha value is -4.64. The molecule has 230 valence electrons. The highest BCUT2D eigenvalue weighted by molar-refractivity contribution is 6.30. The maximum absolute atomic E-state index is 14.8. The molecule has 0 saturated carbocycles. The van der Waals surface area contributed by atoms with Crippen molar-refractivity contribution in [2.75, 3.05) is 45.4 Å². The molecule has 0 spiro atoms. The lowest BCUT2D eigenvalue weighted by Gasteiger charge is -2.47. The Kier molecular flexibility index (Phi) is 7.89. The van der Waals surface area contributed by atoms with Gasteiger partial charge in [-0.2, -0.15) is 0 Å². The Bertz CT molecular complexity index is 1670. The number of imide groups is 2. The fourth-order valence-corrected chi connectivity index (χ4v) is 6.99. The summed E-state index contributed by atoms with van der Waals surface area (Å²) in [4.78, 5) is 58.0. The van der Waals surface area contributed by atoms with Crippen molar-refractivity contribution >= 4 is 23.5 Å². The molecule has 3 atom stereocenters. The fourth-order valence-electron chi connectivity index (χ4n) is 6.99. The third-order valence-electron chi connectivity index (χ3n) is 8.91. The molecule has 0 radical (unpaired) electrons. The molecule has 6 rings (SSSR count). The predicted octanol–water partition coefficient (Wildman–Crippen LogP) is 3.20. The molecule has 3 aliphatic heterocycles. The summed E-state index contributed by atoms with van der Waals surface area (Å²) < 4.78 is 18.6. The van der Waals surface area contributed by atoms with Gasteiger partial charge >= 0.3 is 6.03 Å². The molecule has 4 heterocycles. The minimum absolute atomic E-state index is 0.0160. The molecule has 11 heteroatoms. The van der Waals surface area contributed by atoms with Crippen molar-refractivity contribution in [2.45, 2.75) is 32.2 Å². The molecular weight excluding hydrogens is 564 g/mol. The van der Waals surface area contributed by atoms with Crippen LogP contribution in [0.4, 0.5) is 10.5 Å². The van der Waals surface area contributed by atoms with Crippen molar-refractivity contribution in [1.82, 2.24) is 14.8 Å². The van der Waals surface area contributed by atoms with Crippen molar-refractivity contribution in [3.63, 3.8) is 0 Å². The first-order chi connectivity index (χ1) is 21.3. The van der Waals surface area contributed by atoms with Crippen molar-refractivity contribution in [3.05, 3.63) is 82.3 Å². The summed E-state index contributed by atoms with van der Waals surface area (Å²) in [6.07, 6.45) is 0.902. The van der Waals surface area contributed by atoms with Crippen molar-refractivity contribution in [1.29, 1.82) is 0 Å². The molecular formula is C33H36N4O7. The highest BCUT2D eigenvalue weighted by Crippen LogP contribution is 2.42. The Morgan fingerprint density at radius 2 is 1.73 bits per heavy atom. The smallest absolute Gasteiger partial charge is 0.335 e. The van der Waals surface area contributed by atoms with E-state index in [1.54, 1.807) is 61.7 Å². The van der Waals surface area contributed by atoms with Crippen LogP contribution in [0.5, 0.6) is 17.2 Å². The minimum Gasteiger partial charge on any atom is -0.497 e. The number of aromatic nitrogens is 1. The molecule has 11 nitrogen and oxygen atoms in total. The second kappa shape index (κ2) is 11.8. The number of rotatable bonds is 9. The van der Waals surface area contributed by atoms with Gasteiger partial charge in [0, 0.05) is 56.3 Å². The van der Waals surface area contributed by atoms with Crippen LogP contribution in [0.3, 0.4) is 0 Å². The van der Waals surface area contributed by atoms with Crippen LogP contribution in [0, 0.1) is 11.3 Å². The van der Waals surface area contributed by atoms with Gasteiger partial charge in [-0.1, -0.05) is 24.3 Å². The summed E-state index contributed by atoms with van der Waals surface area (Å²) in [6.45, 7) is 3.95. The van der Waals surface area contributed by atoms with Crippen molar-refractivity contribution in [2.24, 2.45) is 11.3 Å². The molecule has 2 saturated heterocycles. The summed E-state index contributed by atoms with van der Waals surface area (Å²) in [7, 11) is 3.07. The van der Waals surface area contributed by atoms with Crippen LogP contribution in [0.1, 0.15) is 30.5 Å². The number of hydrogen-bond donors (Lipinski definition) is 1. The maximum Gasteiger partial charge on any atom is 0.335 e. The number of anilines is 1. The van der Waals surface area contributed by atoms with Gasteiger partial charge in [0.05, 0.1) is 26.5 Å². The third-order valence-corrected chi connectivity index (χ3v) is 8.91. The molecule has 1 N–H and O–H groups in total. The number of piperidine rings is 1. The van der Waals surface area contributed by atoms with E-state index in [9.17, 15) is 19.2 Å². The predicted molar refractivity (Wildman–Crippen MR) is 162 cm³/mol. The van der Waals surface area contributed by atoms with Gasteiger partial charge in [0.15, 0.2) is 0 Å². The molecule has 2 bridgehead atoms. The summed E-state index contributed by atoms with van der Waals surface area (Å²) in [5, 5.41) is 2.50. The number of fused-ring (bicyclic) bond motifs is 4. The maximum atomic E-state index is 14.8. The minimum atomic E-state index is -1.68. The zero-order valence-corrected chi connectivity index (χ0v) is 25.1. The number of methoxy groups -OCH3 is 2. The number of nitrogens with one attached hydrogen (secondary N) is 1. The number of para-hydroxylation sites is 2. The van der Waals surface area contributed by atoms with Crippen LogP contribution in [0.2, 0.25) is 0 Å². The monoisotopic (exact) mass is 600 g/mol. The van der Waals surface area contributed by atoms with E-state index in [-0.39, 0.29) is 36.0 Å². The zero-order valence-electron chi connectivity index (χ0n) is 25.1. The van der Waals surface area contributed by atoms with E-state index < -0.39 is 23.3 Å². The quantitative estimate of drug-likeness (QED) is 0.372. The zero-order chi connectivity index (χ0) is 31.0. The Morgan fingerprint density at radius 3 is 2.50 bits per heavy atom. The van der Waals surface area contributed by atoms with Crippen LogP contribution < -0.4 is 30.0 Å². The SMILES string of the molecule is CCOc1ccccc1N1C(=O)NC(=O)[C@@](Cc2ccc(OC)cc2OC)(CN2C[C@H]3C[C@@H](C2)c2cccc(=O)n2C3)C1=O. The van der Waals surface area contributed by atoms with E-state index in [4.69, 9.17) is 14.2 Å². The average molecular weight is 601 g/mol. The number of amides is 4. The van der Waals surface area contributed by atoms with E-state index >= 15 is 0 Å². The lowest BCUT2D eigenvalue weighted by atomic mass is 9.75. The number of nitrogens with zero attached hydrogens (tertiary/aromatic N) is 3. The molecule has 44 heavy (non-hydrogen) atoms. The first kappa shape index (κ1) is 29.4. The van der Waals surface area contributed by atoms with Crippen LogP contribution in [-0.2, 0) is 22.6 Å². The van der Waals surface area contributed by atoms with Gasteiger partial charge in [0.25, 0.3) is 11.5 Å². The topological polar surface area (TPSA) is 119 Å². The van der Waals surface area contributed by atoms with Crippen LogP contribution in [-0.4, -0.2) is 67.8 Å². The van der Waals surface area contributed by atoms with Gasteiger partial charge < -0.3 is 23.7 Å². The van der Waals surface area contributed by atoms with E-state index in [0.29, 0.717) is 49.1 Å². The number of hydrogen-bond acceptors (Lipinski definition) is 8. The molecule has 0 unspecified atom stereocenters. The lowest BCUT2D eigenvalue weighted by molar-refractivity contribution is -0.144. The van der Waals surface area contributed by atoms with Crippen molar-refractivity contribution in [3.8, 4) is 17.2 Å². The Labute approximate surface area is 255 Å². The van der Waals surface area contributed by atoms with E-state index in [1.807, 2.05) is 17.6 Å². The van der Waals surface area contributed by atoms with Gasteiger partial charge in [-0.25, -0.2) is 9.69 Å². The first-order valence-electron chi connectivity index (χ1n) is 14.8. The van der Waals surface area contributed by atoms with E-state index in [0.717, 1.165) is 17.0 Å². The number of carbonyl (C=O) groups excluding carboxylic acids is 3. The molecule has 2 aromatic carbocycles. The summed E-state index contributed by atoms with van der Waals surface area (Å²) in [6, 6.07) is 16.6. The number of carbonyl (C=O) groups is 3. The third kappa shape index (κ3) is 5.11. The average Bonchev–Trinajstić information content (AvgIpc) is 3.01. The molecule has 0 aliphatic carbocycles. The largest absolute Gasteiger partial charge is 0.497 e. The number of barbiturate groups is 1. The summed E-state index contributed by atoms with van der Waals surface area (Å²) >= 11 is 0. The molecule has 3 aromatic rings. The number of benzene rings is 2. The highest BCUT2D eigenvalue weighted by atomic mass is 16.5. The molecule has 1 aromatic heterocycles. The standard InChI is InChI=1S/C33H36N4O7/c1-4-44-27-10-6-5-8-26(27)37-31(40)33(30(39)34-32(37)41,16-22-12-13-24(42-2)15-28(22)43-3)20-35-17-21-14-23(19-35)25-9-7-11-29(38)36(25)18-21/h5-13,15,21,23H,4,14,16-20H2,1-3H3,(H,34,39,41)/t21-,23+,33-/m1/s1. The van der Waals surface area contributed by atoms with E-state index in [2.05, 4.69) is 10.2 Å². The van der Waals surface area contributed by atoms with Gasteiger partial charge in [0.2, 0.25) is 5.91 Å². The first-order valence-corrected chi connectivity index (χ1v) is 14.8. The van der Waals surface area contributed by atoms with Gasteiger partial charge in [-0.05, 0) is 49.1 Å². The van der Waals surface area contributed by atoms with Crippen LogP contribution in [0.25, 0.3) is 0 Å². The van der Waals surface area contributed by atoms with Gasteiger partial charge in [0.1, 0.15) is 22.7 Å². The van der Waals surface area contributed by atoms with Crippen LogP contribution in [0.15, 0.2) is 65.5 Å². The normalized spacial score (nSPS) is 23.2. The van der Waals surface area contributed by atoms with Gasteiger partial charge in [-0.15, -0.1) is 0 Å². The van der Waals surface area contributed by atoms with E-state index in [1.165, 1.54) is 7.11 Å². The highest BCUT2D eigenvalue weighted by Gasteiger charge is 2.56. The second-order valence-electron chi connectivity index (χ2n) is 11.6. The van der Waals surface area contributed by atoms with Crippen molar-refractivity contribution < 1.29 is 28.6 Å². The Balaban J connectivity index is 1.42. The van der Waals surface area contributed by atoms with Crippen LogP contribution >= 0.6 is 0 Å².